The first-order chi connectivity index (χ1) is 5.69. The first-order valence-electron chi connectivity index (χ1n) is 4.60. The molecule has 0 aliphatic carbocycles. The molecule has 1 rings (SSSR count). The summed E-state index contributed by atoms with van der Waals surface area (Å²) in [6, 6.07) is 0.352. The van der Waals surface area contributed by atoms with E-state index in [9.17, 15) is 0 Å². The monoisotopic (exact) mass is 163 g/mol. The highest BCUT2D eigenvalue weighted by molar-refractivity contribution is 5.99. The molecule has 0 saturated heterocycles. The highest BCUT2D eigenvalue weighted by Gasteiger charge is 2.12. The summed E-state index contributed by atoms with van der Waals surface area (Å²) >= 11 is 0. The summed E-state index contributed by atoms with van der Waals surface area (Å²) in [7, 11) is 0. The zero-order valence-electron chi connectivity index (χ0n) is 8.39. The van der Waals surface area contributed by atoms with Gasteiger partial charge in [-0.2, -0.15) is 0 Å². The number of aliphatic imine (C=N–C) groups is 1. The minimum atomic E-state index is 0.352. The fraction of sp³-hybridized carbons (Fsp3) is 0.545. The second-order valence-electron chi connectivity index (χ2n) is 3.20. The van der Waals surface area contributed by atoms with Crippen LogP contribution in [0.3, 0.4) is 0 Å². The van der Waals surface area contributed by atoms with Crippen molar-refractivity contribution >= 4 is 5.71 Å². The molecule has 1 nitrogen and oxygen atoms in total. The van der Waals surface area contributed by atoms with Crippen molar-refractivity contribution in [2.45, 2.75) is 40.2 Å². The van der Waals surface area contributed by atoms with E-state index in [0.717, 1.165) is 6.42 Å². The van der Waals surface area contributed by atoms with E-state index in [-0.39, 0.29) is 0 Å². The van der Waals surface area contributed by atoms with Crippen LogP contribution in [0.5, 0.6) is 0 Å². The molecule has 0 fully saturated rings. The van der Waals surface area contributed by atoms with Crippen molar-refractivity contribution in [2.75, 3.05) is 0 Å². The van der Waals surface area contributed by atoms with Crippen molar-refractivity contribution in [3.05, 3.63) is 23.3 Å². The van der Waals surface area contributed by atoms with E-state index in [1.165, 1.54) is 16.9 Å². The highest BCUT2D eigenvalue weighted by atomic mass is 14.8. The number of nitrogens with zero attached hydrogens (tertiary/aromatic N) is 1. The predicted molar refractivity (Wildman–Crippen MR) is 54.7 cm³/mol. The van der Waals surface area contributed by atoms with Gasteiger partial charge in [0.1, 0.15) is 0 Å². The second kappa shape index (κ2) is 3.70. The van der Waals surface area contributed by atoms with Gasteiger partial charge in [-0.25, -0.2) is 0 Å². The zero-order valence-corrected chi connectivity index (χ0v) is 8.39. The Kier molecular flexibility index (Phi) is 2.85. The number of hydrogen-bond donors (Lipinski definition) is 0. The zero-order chi connectivity index (χ0) is 9.14. The van der Waals surface area contributed by atoms with Crippen molar-refractivity contribution in [1.82, 2.24) is 0 Å². The number of rotatable bonds is 1. The maximum Gasteiger partial charge on any atom is 0.0721 e. The van der Waals surface area contributed by atoms with Gasteiger partial charge in [-0.1, -0.05) is 19.1 Å². The van der Waals surface area contributed by atoms with Gasteiger partial charge in [-0.3, -0.25) is 4.99 Å². The van der Waals surface area contributed by atoms with Crippen molar-refractivity contribution in [3.63, 3.8) is 0 Å². The van der Waals surface area contributed by atoms with E-state index in [2.05, 4.69) is 44.8 Å². The third kappa shape index (κ3) is 1.66. The summed E-state index contributed by atoms with van der Waals surface area (Å²) in [6.45, 7) is 8.49. The van der Waals surface area contributed by atoms with Gasteiger partial charge in [0.15, 0.2) is 0 Å². The van der Waals surface area contributed by atoms with Gasteiger partial charge in [0, 0.05) is 5.71 Å². The Bertz CT molecular complexity index is 256. The third-order valence-electron chi connectivity index (χ3n) is 2.39. The predicted octanol–water partition coefficient (Wildman–Crippen LogP) is 3.13. The molecule has 0 N–H and O–H groups in total. The Balaban J connectivity index is 2.97. The van der Waals surface area contributed by atoms with Gasteiger partial charge in [0.2, 0.25) is 0 Å². The minimum absolute atomic E-state index is 0.352. The van der Waals surface area contributed by atoms with Crippen molar-refractivity contribution < 1.29 is 0 Å². The number of dihydropyridines is 1. The molecular formula is C11H17N. The highest BCUT2D eigenvalue weighted by Crippen LogP contribution is 2.20. The van der Waals surface area contributed by atoms with Crippen molar-refractivity contribution in [1.29, 1.82) is 0 Å². The molecule has 0 amide bonds. The van der Waals surface area contributed by atoms with Gasteiger partial charge in [0.25, 0.3) is 0 Å². The standard InChI is InChI=1S/C11H17N/c1-5-10-7-11(6-2)9(4)12-8(10)3/h5,7-8H,6H2,1-4H3/b10-5-/t8-/m0/s1. The molecule has 66 valence electrons. The summed E-state index contributed by atoms with van der Waals surface area (Å²) in [5.41, 5.74) is 3.93. The van der Waals surface area contributed by atoms with Crippen LogP contribution >= 0.6 is 0 Å². The van der Waals surface area contributed by atoms with Crippen molar-refractivity contribution in [2.24, 2.45) is 4.99 Å². The molecule has 0 bridgehead atoms. The van der Waals surface area contributed by atoms with E-state index in [1.807, 2.05) is 0 Å². The Hall–Kier alpha value is -0.850. The van der Waals surface area contributed by atoms with E-state index in [0.29, 0.717) is 6.04 Å². The molecule has 12 heavy (non-hydrogen) atoms. The van der Waals surface area contributed by atoms with Crippen LogP contribution in [0.2, 0.25) is 0 Å². The lowest BCUT2D eigenvalue weighted by Gasteiger charge is -2.18. The third-order valence-corrected chi connectivity index (χ3v) is 2.39. The molecule has 1 aliphatic heterocycles. The van der Waals surface area contributed by atoms with Gasteiger partial charge in [-0.05, 0) is 38.3 Å². The minimum Gasteiger partial charge on any atom is -0.282 e. The van der Waals surface area contributed by atoms with Crippen molar-refractivity contribution in [3.8, 4) is 0 Å². The molecule has 0 spiro atoms. The molecule has 0 aromatic heterocycles. The summed E-state index contributed by atoms with van der Waals surface area (Å²) in [5.74, 6) is 0. The lowest BCUT2D eigenvalue weighted by Crippen LogP contribution is -2.13. The molecular weight excluding hydrogens is 146 g/mol. The Morgan fingerprint density at radius 3 is 2.75 bits per heavy atom. The van der Waals surface area contributed by atoms with Crippen LogP contribution in [-0.2, 0) is 0 Å². The van der Waals surface area contributed by atoms with Crippen LogP contribution in [0, 0.1) is 0 Å². The maximum absolute atomic E-state index is 4.57. The molecule has 1 heteroatoms. The Morgan fingerprint density at radius 1 is 1.58 bits per heavy atom. The quantitative estimate of drug-likeness (QED) is 0.563. The first-order valence-corrected chi connectivity index (χ1v) is 4.60. The largest absolute Gasteiger partial charge is 0.282 e. The lowest BCUT2D eigenvalue weighted by atomic mass is 9.97. The van der Waals surface area contributed by atoms with Crippen LogP contribution < -0.4 is 0 Å². The van der Waals surface area contributed by atoms with Crippen LogP contribution in [0.4, 0.5) is 0 Å². The first kappa shape index (κ1) is 9.24. The fourth-order valence-corrected chi connectivity index (χ4v) is 1.56. The molecule has 1 aliphatic rings. The van der Waals surface area contributed by atoms with E-state index >= 15 is 0 Å². The molecule has 0 radical (unpaired) electrons. The van der Waals surface area contributed by atoms with E-state index < -0.39 is 0 Å². The normalized spacial score (nSPS) is 27.0. The SMILES string of the molecule is C/C=C1/C=C(CC)C(C)=N[C@H]1C. The molecule has 0 saturated carbocycles. The van der Waals surface area contributed by atoms with Gasteiger partial charge < -0.3 is 0 Å². The van der Waals surface area contributed by atoms with Crippen LogP contribution in [0.1, 0.15) is 34.1 Å². The molecule has 0 unspecified atom stereocenters. The van der Waals surface area contributed by atoms with Crippen LogP contribution in [0.15, 0.2) is 28.3 Å². The maximum atomic E-state index is 4.57. The van der Waals surface area contributed by atoms with E-state index in [4.69, 9.17) is 0 Å². The van der Waals surface area contributed by atoms with Crippen LogP contribution in [-0.4, -0.2) is 11.8 Å². The molecule has 1 atom stereocenters. The molecule has 1 heterocycles. The number of allylic oxidation sites excluding steroid dienone is 2. The van der Waals surface area contributed by atoms with Crippen LogP contribution in [0.25, 0.3) is 0 Å². The summed E-state index contributed by atoms with van der Waals surface area (Å²) in [4.78, 5) is 4.57. The Labute approximate surface area is 74.9 Å². The smallest absolute Gasteiger partial charge is 0.0721 e. The summed E-state index contributed by atoms with van der Waals surface area (Å²) < 4.78 is 0. The van der Waals surface area contributed by atoms with Gasteiger partial charge >= 0.3 is 0 Å². The summed E-state index contributed by atoms with van der Waals surface area (Å²) in [5, 5.41) is 0. The number of hydrogen-bond acceptors (Lipinski definition) is 1. The fourth-order valence-electron chi connectivity index (χ4n) is 1.56. The molecule has 0 aromatic rings. The average molecular weight is 163 g/mol. The second-order valence-corrected chi connectivity index (χ2v) is 3.20. The average Bonchev–Trinajstić information content (AvgIpc) is 2.05. The Morgan fingerprint density at radius 2 is 2.25 bits per heavy atom. The van der Waals surface area contributed by atoms with Gasteiger partial charge in [-0.15, -0.1) is 0 Å². The van der Waals surface area contributed by atoms with E-state index in [1.54, 1.807) is 0 Å². The van der Waals surface area contributed by atoms with Gasteiger partial charge in [0.05, 0.1) is 6.04 Å². The summed E-state index contributed by atoms with van der Waals surface area (Å²) in [6.07, 6.45) is 5.50. The molecule has 0 aromatic carbocycles. The lowest BCUT2D eigenvalue weighted by molar-refractivity contribution is 0.863. The topological polar surface area (TPSA) is 12.4 Å².